The molecule has 2 N–H and O–H groups in total. The molecule has 0 spiro atoms. The number of nitrogens with zero attached hydrogens (tertiary/aromatic N) is 1. The minimum atomic E-state index is 0.586. The van der Waals surface area contributed by atoms with Gasteiger partial charge in [0.1, 0.15) is 5.75 Å². The standard InChI is InChI=1S/C12H18N2OS/c1-15-11-3-2-10(9-13)12(8-11)14-4-6-16-7-5-14/h2-3,8H,4-7,9,13H2,1H3. The van der Waals surface area contributed by atoms with E-state index in [1.807, 2.05) is 17.8 Å². The summed E-state index contributed by atoms with van der Waals surface area (Å²) in [6.07, 6.45) is 0. The molecule has 1 saturated heterocycles. The number of hydrogen-bond acceptors (Lipinski definition) is 4. The molecular weight excluding hydrogens is 220 g/mol. The molecule has 0 aliphatic carbocycles. The summed E-state index contributed by atoms with van der Waals surface area (Å²) >= 11 is 2.01. The number of benzene rings is 1. The summed E-state index contributed by atoms with van der Waals surface area (Å²) in [6, 6.07) is 6.14. The molecule has 3 nitrogen and oxygen atoms in total. The maximum Gasteiger partial charge on any atom is 0.120 e. The van der Waals surface area contributed by atoms with Crippen molar-refractivity contribution in [2.24, 2.45) is 5.73 Å². The Morgan fingerprint density at radius 2 is 2.12 bits per heavy atom. The van der Waals surface area contributed by atoms with Crippen molar-refractivity contribution in [3.8, 4) is 5.75 Å². The van der Waals surface area contributed by atoms with Gasteiger partial charge in [0.05, 0.1) is 7.11 Å². The lowest BCUT2D eigenvalue weighted by Gasteiger charge is -2.30. The quantitative estimate of drug-likeness (QED) is 0.870. The Balaban J connectivity index is 2.27. The molecule has 1 fully saturated rings. The molecule has 1 aromatic rings. The van der Waals surface area contributed by atoms with Crippen LogP contribution in [0.2, 0.25) is 0 Å². The SMILES string of the molecule is COc1ccc(CN)c(N2CCSCC2)c1. The van der Waals surface area contributed by atoms with Crippen LogP contribution in [0.25, 0.3) is 0 Å². The van der Waals surface area contributed by atoms with Gasteiger partial charge in [0.15, 0.2) is 0 Å². The highest BCUT2D eigenvalue weighted by Gasteiger charge is 2.14. The Morgan fingerprint density at radius 3 is 2.75 bits per heavy atom. The van der Waals surface area contributed by atoms with Gasteiger partial charge in [0.25, 0.3) is 0 Å². The molecule has 16 heavy (non-hydrogen) atoms. The fourth-order valence-electron chi connectivity index (χ4n) is 1.94. The maximum absolute atomic E-state index is 5.78. The Kier molecular flexibility index (Phi) is 3.96. The van der Waals surface area contributed by atoms with Gasteiger partial charge in [0, 0.05) is 42.9 Å². The Morgan fingerprint density at radius 1 is 1.38 bits per heavy atom. The van der Waals surface area contributed by atoms with E-state index >= 15 is 0 Å². The first-order valence-corrected chi connectivity index (χ1v) is 6.70. The van der Waals surface area contributed by atoms with Gasteiger partial charge in [0.2, 0.25) is 0 Å². The summed E-state index contributed by atoms with van der Waals surface area (Å²) in [5.41, 5.74) is 8.22. The number of anilines is 1. The van der Waals surface area contributed by atoms with Crippen molar-refractivity contribution >= 4 is 17.4 Å². The molecular formula is C12H18N2OS. The monoisotopic (exact) mass is 238 g/mol. The van der Waals surface area contributed by atoms with Gasteiger partial charge < -0.3 is 15.4 Å². The molecule has 2 rings (SSSR count). The van der Waals surface area contributed by atoms with Crippen LogP contribution in [0.4, 0.5) is 5.69 Å². The summed E-state index contributed by atoms with van der Waals surface area (Å²) in [5, 5.41) is 0. The number of nitrogens with two attached hydrogens (primary N) is 1. The summed E-state index contributed by atoms with van der Waals surface area (Å²) in [7, 11) is 1.70. The van der Waals surface area contributed by atoms with Crippen LogP contribution in [0.15, 0.2) is 18.2 Å². The lowest BCUT2D eigenvalue weighted by atomic mass is 10.1. The number of ether oxygens (including phenoxy) is 1. The molecule has 1 aromatic carbocycles. The predicted octanol–water partition coefficient (Wildman–Crippen LogP) is 1.71. The van der Waals surface area contributed by atoms with Crippen LogP contribution < -0.4 is 15.4 Å². The van der Waals surface area contributed by atoms with E-state index < -0.39 is 0 Å². The highest BCUT2D eigenvalue weighted by molar-refractivity contribution is 7.99. The number of methoxy groups -OCH3 is 1. The van der Waals surface area contributed by atoms with E-state index in [2.05, 4.69) is 17.0 Å². The predicted molar refractivity (Wildman–Crippen MR) is 70.4 cm³/mol. The van der Waals surface area contributed by atoms with Crippen molar-refractivity contribution in [3.63, 3.8) is 0 Å². The highest BCUT2D eigenvalue weighted by Crippen LogP contribution is 2.27. The molecule has 0 aromatic heterocycles. The second kappa shape index (κ2) is 5.46. The zero-order valence-corrected chi connectivity index (χ0v) is 10.4. The van der Waals surface area contributed by atoms with Gasteiger partial charge in [-0.05, 0) is 11.6 Å². The average Bonchev–Trinajstić information content (AvgIpc) is 2.39. The van der Waals surface area contributed by atoms with Gasteiger partial charge >= 0.3 is 0 Å². The molecule has 1 aliphatic heterocycles. The zero-order valence-electron chi connectivity index (χ0n) is 9.61. The van der Waals surface area contributed by atoms with Gasteiger partial charge in [-0.15, -0.1) is 0 Å². The minimum absolute atomic E-state index is 0.586. The van der Waals surface area contributed by atoms with Crippen LogP contribution in [0.5, 0.6) is 5.75 Å². The second-order valence-electron chi connectivity index (χ2n) is 3.80. The van der Waals surface area contributed by atoms with Gasteiger partial charge in [-0.25, -0.2) is 0 Å². The average molecular weight is 238 g/mol. The van der Waals surface area contributed by atoms with Crippen molar-refractivity contribution in [1.29, 1.82) is 0 Å². The third-order valence-electron chi connectivity index (χ3n) is 2.86. The second-order valence-corrected chi connectivity index (χ2v) is 5.02. The lowest BCUT2D eigenvalue weighted by molar-refractivity contribution is 0.414. The van der Waals surface area contributed by atoms with Crippen LogP contribution in [-0.2, 0) is 6.54 Å². The van der Waals surface area contributed by atoms with Crippen molar-refractivity contribution < 1.29 is 4.74 Å². The van der Waals surface area contributed by atoms with E-state index in [4.69, 9.17) is 10.5 Å². The third-order valence-corrected chi connectivity index (χ3v) is 3.81. The van der Waals surface area contributed by atoms with Gasteiger partial charge in [-0.1, -0.05) is 6.07 Å². The van der Waals surface area contributed by atoms with E-state index in [0.29, 0.717) is 6.54 Å². The first-order valence-electron chi connectivity index (χ1n) is 5.55. The minimum Gasteiger partial charge on any atom is -0.497 e. The van der Waals surface area contributed by atoms with Crippen LogP contribution in [0, 0.1) is 0 Å². The Bertz CT molecular complexity index is 351. The fourth-order valence-corrected chi connectivity index (χ4v) is 2.84. The molecule has 88 valence electrons. The molecule has 1 heterocycles. The van der Waals surface area contributed by atoms with Crippen LogP contribution in [0.1, 0.15) is 5.56 Å². The molecule has 4 heteroatoms. The van der Waals surface area contributed by atoms with Crippen molar-refractivity contribution in [2.45, 2.75) is 6.54 Å². The number of hydrogen-bond donors (Lipinski definition) is 1. The molecule has 0 atom stereocenters. The van der Waals surface area contributed by atoms with Crippen LogP contribution in [-0.4, -0.2) is 31.7 Å². The maximum atomic E-state index is 5.78. The van der Waals surface area contributed by atoms with Gasteiger partial charge in [-0.3, -0.25) is 0 Å². The number of rotatable bonds is 3. The van der Waals surface area contributed by atoms with Crippen molar-refractivity contribution in [2.75, 3.05) is 36.6 Å². The van der Waals surface area contributed by atoms with E-state index in [0.717, 1.165) is 18.8 Å². The van der Waals surface area contributed by atoms with E-state index in [-0.39, 0.29) is 0 Å². The molecule has 0 unspecified atom stereocenters. The highest BCUT2D eigenvalue weighted by atomic mass is 32.2. The largest absolute Gasteiger partial charge is 0.497 e. The van der Waals surface area contributed by atoms with E-state index in [1.165, 1.54) is 22.8 Å². The third kappa shape index (κ3) is 2.44. The Hall–Kier alpha value is -0.870. The zero-order chi connectivity index (χ0) is 11.4. The summed E-state index contributed by atoms with van der Waals surface area (Å²) in [5.74, 6) is 3.30. The lowest BCUT2D eigenvalue weighted by Crippen LogP contribution is -2.33. The van der Waals surface area contributed by atoms with Crippen LogP contribution >= 0.6 is 11.8 Å². The molecule has 1 aliphatic rings. The van der Waals surface area contributed by atoms with Crippen LogP contribution in [0.3, 0.4) is 0 Å². The van der Waals surface area contributed by atoms with Gasteiger partial charge in [-0.2, -0.15) is 11.8 Å². The smallest absolute Gasteiger partial charge is 0.120 e. The fraction of sp³-hybridized carbons (Fsp3) is 0.500. The van der Waals surface area contributed by atoms with Crippen molar-refractivity contribution in [3.05, 3.63) is 23.8 Å². The summed E-state index contributed by atoms with van der Waals surface area (Å²) in [6.45, 7) is 2.79. The summed E-state index contributed by atoms with van der Waals surface area (Å²) in [4.78, 5) is 2.40. The molecule has 0 bridgehead atoms. The topological polar surface area (TPSA) is 38.5 Å². The van der Waals surface area contributed by atoms with E-state index in [1.54, 1.807) is 7.11 Å². The Labute approximate surface area is 101 Å². The molecule has 0 saturated carbocycles. The van der Waals surface area contributed by atoms with Crippen molar-refractivity contribution in [1.82, 2.24) is 0 Å². The molecule has 0 amide bonds. The van der Waals surface area contributed by atoms with E-state index in [9.17, 15) is 0 Å². The molecule has 0 radical (unpaired) electrons. The normalized spacial score (nSPS) is 16.2. The first kappa shape index (κ1) is 11.6. The summed E-state index contributed by atoms with van der Waals surface area (Å²) < 4.78 is 5.27. The number of thioether (sulfide) groups is 1. The first-order chi connectivity index (χ1) is 7.85.